The Bertz CT molecular complexity index is 921. The van der Waals surface area contributed by atoms with Gasteiger partial charge in [0.1, 0.15) is 5.75 Å². The third-order valence-electron chi connectivity index (χ3n) is 3.46. The highest BCUT2D eigenvalue weighted by Crippen LogP contribution is 2.33. The molecular formula is C18H14ClN5O. The van der Waals surface area contributed by atoms with Crippen molar-refractivity contribution >= 4 is 11.6 Å². The van der Waals surface area contributed by atoms with Gasteiger partial charge in [0.15, 0.2) is 0 Å². The maximum Gasteiger partial charge on any atom is 0.240 e. The molecule has 3 aromatic rings. The molecule has 0 aliphatic carbocycles. The third kappa shape index (κ3) is 4.10. The molecule has 1 aromatic carbocycles. The summed E-state index contributed by atoms with van der Waals surface area (Å²) in [5.74, 6) is 0.723. The standard InChI is InChI=1S/C18H14ClN5O/c19-14-8-18(24-23-11-14)25-17-7-12(9-21)1-4-16(17)13-2-3-15(5-6-20)22-10-13/h1-4,7-8,10-11H,5-6,20H2. The Morgan fingerprint density at radius 3 is 2.72 bits per heavy atom. The first kappa shape index (κ1) is 16.8. The van der Waals surface area contributed by atoms with Crippen LogP contribution in [0.15, 0.2) is 48.8 Å². The average Bonchev–Trinajstić information content (AvgIpc) is 2.63. The first-order valence-corrected chi connectivity index (χ1v) is 7.93. The normalized spacial score (nSPS) is 10.3. The van der Waals surface area contributed by atoms with Crippen molar-refractivity contribution in [3.63, 3.8) is 0 Å². The highest BCUT2D eigenvalue weighted by Gasteiger charge is 2.11. The van der Waals surface area contributed by atoms with Crippen LogP contribution in [0, 0.1) is 11.3 Å². The SMILES string of the molecule is N#Cc1ccc(-c2ccc(CCN)nc2)c(Oc2cc(Cl)cnn2)c1. The molecule has 2 heterocycles. The minimum atomic E-state index is 0.247. The van der Waals surface area contributed by atoms with Gasteiger partial charge in [-0.25, -0.2) is 0 Å². The van der Waals surface area contributed by atoms with Crippen LogP contribution in [0.5, 0.6) is 11.6 Å². The van der Waals surface area contributed by atoms with Gasteiger partial charge in [0.2, 0.25) is 5.88 Å². The van der Waals surface area contributed by atoms with Crippen molar-refractivity contribution in [2.45, 2.75) is 6.42 Å². The fourth-order valence-electron chi connectivity index (χ4n) is 2.28. The lowest BCUT2D eigenvalue weighted by Crippen LogP contribution is -2.04. The number of pyridine rings is 1. The molecule has 0 amide bonds. The van der Waals surface area contributed by atoms with Gasteiger partial charge in [-0.1, -0.05) is 17.7 Å². The molecule has 0 unspecified atom stereocenters. The van der Waals surface area contributed by atoms with Gasteiger partial charge in [-0.3, -0.25) is 4.98 Å². The molecule has 0 fully saturated rings. The van der Waals surface area contributed by atoms with Crippen molar-refractivity contribution in [3.8, 4) is 28.8 Å². The molecule has 124 valence electrons. The summed E-state index contributed by atoms with van der Waals surface area (Å²) in [6.07, 6.45) is 3.89. The van der Waals surface area contributed by atoms with Gasteiger partial charge in [0, 0.05) is 35.5 Å². The molecule has 6 nitrogen and oxygen atoms in total. The van der Waals surface area contributed by atoms with E-state index in [4.69, 9.17) is 27.3 Å². The van der Waals surface area contributed by atoms with Gasteiger partial charge < -0.3 is 10.5 Å². The second-order valence-electron chi connectivity index (χ2n) is 5.21. The summed E-state index contributed by atoms with van der Waals surface area (Å²) < 4.78 is 5.81. The van der Waals surface area contributed by atoms with E-state index < -0.39 is 0 Å². The summed E-state index contributed by atoms with van der Waals surface area (Å²) in [5, 5.41) is 17.2. The van der Waals surface area contributed by atoms with Crippen molar-refractivity contribution < 1.29 is 4.74 Å². The maximum atomic E-state index is 9.15. The van der Waals surface area contributed by atoms with Crippen LogP contribution in [0.1, 0.15) is 11.3 Å². The minimum absolute atomic E-state index is 0.247. The molecule has 0 saturated carbocycles. The van der Waals surface area contributed by atoms with Crippen LogP contribution in [0.4, 0.5) is 0 Å². The molecule has 25 heavy (non-hydrogen) atoms. The van der Waals surface area contributed by atoms with E-state index in [0.717, 1.165) is 23.2 Å². The van der Waals surface area contributed by atoms with Gasteiger partial charge >= 0.3 is 0 Å². The number of nitrogens with two attached hydrogens (primary N) is 1. The summed E-state index contributed by atoms with van der Waals surface area (Å²) in [7, 11) is 0. The molecule has 0 radical (unpaired) electrons. The first-order valence-electron chi connectivity index (χ1n) is 7.55. The minimum Gasteiger partial charge on any atom is -0.437 e. The van der Waals surface area contributed by atoms with Crippen molar-refractivity contribution in [1.29, 1.82) is 5.26 Å². The molecule has 0 atom stereocenters. The second kappa shape index (κ2) is 7.71. The van der Waals surface area contributed by atoms with Crippen LogP contribution in [0.2, 0.25) is 5.02 Å². The number of ether oxygens (including phenoxy) is 1. The Kier molecular flexibility index (Phi) is 5.19. The molecule has 0 aliphatic heterocycles. The molecular weight excluding hydrogens is 338 g/mol. The van der Waals surface area contributed by atoms with Crippen LogP contribution in [0.3, 0.4) is 0 Å². The van der Waals surface area contributed by atoms with E-state index in [1.165, 1.54) is 6.20 Å². The maximum absolute atomic E-state index is 9.15. The van der Waals surface area contributed by atoms with Gasteiger partial charge in [-0.05, 0) is 30.8 Å². The zero-order valence-electron chi connectivity index (χ0n) is 13.2. The lowest BCUT2D eigenvalue weighted by molar-refractivity contribution is 0.457. The summed E-state index contributed by atoms with van der Waals surface area (Å²) in [6.45, 7) is 0.547. The number of nitriles is 1. The number of rotatable bonds is 5. The fourth-order valence-corrected chi connectivity index (χ4v) is 2.42. The van der Waals surface area contributed by atoms with Gasteiger partial charge in [0.25, 0.3) is 0 Å². The number of aromatic nitrogens is 3. The summed E-state index contributed by atoms with van der Waals surface area (Å²) in [4.78, 5) is 4.40. The topological polar surface area (TPSA) is 97.7 Å². The predicted molar refractivity (Wildman–Crippen MR) is 94.3 cm³/mol. The van der Waals surface area contributed by atoms with Crippen molar-refractivity contribution in [2.24, 2.45) is 5.73 Å². The largest absolute Gasteiger partial charge is 0.437 e. The van der Waals surface area contributed by atoms with Crippen LogP contribution in [0.25, 0.3) is 11.1 Å². The number of benzene rings is 1. The highest BCUT2D eigenvalue weighted by atomic mass is 35.5. The van der Waals surface area contributed by atoms with Crippen LogP contribution < -0.4 is 10.5 Å². The molecule has 3 rings (SSSR count). The van der Waals surface area contributed by atoms with Crippen molar-refractivity contribution in [3.05, 3.63) is 65.1 Å². The smallest absolute Gasteiger partial charge is 0.240 e. The molecule has 0 saturated heterocycles. The average molecular weight is 352 g/mol. The van der Waals surface area contributed by atoms with Crippen LogP contribution >= 0.6 is 11.6 Å². The lowest BCUT2D eigenvalue weighted by Gasteiger charge is -2.11. The molecule has 7 heteroatoms. The van der Waals surface area contributed by atoms with E-state index in [1.807, 2.05) is 18.2 Å². The zero-order chi connectivity index (χ0) is 17.6. The van der Waals surface area contributed by atoms with E-state index in [2.05, 4.69) is 21.3 Å². The number of hydrogen-bond donors (Lipinski definition) is 1. The Hall–Kier alpha value is -3.01. The van der Waals surface area contributed by atoms with Crippen molar-refractivity contribution in [1.82, 2.24) is 15.2 Å². The van der Waals surface area contributed by atoms with Crippen LogP contribution in [-0.4, -0.2) is 21.7 Å². The molecule has 0 spiro atoms. The molecule has 2 aromatic heterocycles. The van der Waals surface area contributed by atoms with Gasteiger partial charge in [-0.15, -0.1) is 5.10 Å². The lowest BCUT2D eigenvalue weighted by atomic mass is 10.0. The number of nitrogens with zero attached hydrogens (tertiary/aromatic N) is 4. The van der Waals surface area contributed by atoms with E-state index in [-0.39, 0.29) is 5.88 Å². The molecule has 2 N–H and O–H groups in total. The number of halogens is 1. The van der Waals surface area contributed by atoms with E-state index in [9.17, 15) is 0 Å². The number of hydrogen-bond acceptors (Lipinski definition) is 6. The Morgan fingerprint density at radius 1 is 1.16 bits per heavy atom. The van der Waals surface area contributed by atoms with Gasteiger partial charge in [0.05, 0.1) is 22.9 Å². The first-order chi connectivity index (χ1) is 12.2. The summed E-state index contributed by atoms with van der Waals surface area (Å²) in [6, 6.07) is 12.7. The second-order valence-corrected chi connectivity index (χ2v) is 5.65. The molecule has 0 bridgehead atoms. The zero-order valence-corrected chi connectivity index (χ0v) is 13.9. The monoisotopic (exact) mass is 351 g/mol. The van der Waals surface area contributed by atoms with Crippen molar-refractivity contribution in [2.75, 3.05) is 6.54 Å². The Morgan fingerprint density at radius 2 is 2.04 bits per heavy atom. The quantitative estimate of drug-likeness (QED) is 0.756. The van der Waals surface area contributed by atoms with E-state index in [1.54, 1.807) is 24.4 Å². The molecule has 0 aliphatic rings. The van der Waals surface area contributed by atoms with E-state index >= 15 is 0 Å². The highest BCUT2D eigenvalue weighted by molar-refractivity contribution is 6.30. The Balaban J connectivity index is 1.99. The third-order valence-corrected chi connectivity index (χ3v) is 3.67. The van der Waals surface area contributed by atoms with Gasteiger partial charge in [-0.2, -0.15) is 10.4 Å². The Labute approximate surface area is 149 Å². The van der Waals surface area contributed by atoms with E-state index in [0.29, 0.717) is 22.9 Å². The van der Waals surface area contributed by atoms with Crippen LogP contribution in [-0.2, 0) is 6.42 Å². The summed E-state index contributed by atoms with van der Waals surface area (Å²) in [5.41, 5.74) is 8.58. The fraction of sp³-hybridized carbons (Fsp3) is 0.111. The predicted octanol–water partition coefficient (Wildman–Crippen LogP) is 3.36. The summed E-state index contributed by atoms with van der Waals surface area (Å²) >= 11 is 5.92.